The van der Waals surface area contributed by atoms with Crippen molar-refractivity contribution in [3.05, 3.63) is 33.6 Å². The van der Waals surface area contributed by atoms with Crippen molar-refractivity contribution in [1.82, 2.24) is 15.6 Å². The van der Waals surface area contributed by atoms with E-state index in [9.17, 15) is 4.79 Å². The van der Waals surface area contributed by atoms with Crippen LogP contribution >= 0.6 is 23.2 Å². The summed E-state index contributed by atoms with van der Waals surface area (Å²) in [6.07, 6.45) is 3.06. The maximum atomic E-state index is 11.8. The van der Waals surface area contributed by atoms with Crippen LogP contribution in [-0.2, 0) is 0 Å². The minimum Gasteiger partial charge on any atom is -0.347 e. The van der Waals surface area contributed by atoms with E-state index in [4.69, 9.17) is 23.2 Å². The maximum Gasteiger partial charge on any atom is 0.268 e. The van der Waals surface area contributed by atoms with Crippen molar-refractivity contribution in [2.24, 2.45) is 0 Å². The Labute approximate surface area is 109 Å². The minimum atomic E-state index is -0.196. The van der Waals surface area contributed by atoms with Crippen LogP contribution in [0.25, 0.3) is 0 Å². The molecule has 0 bridgehead atoms. The molecule has 1 amide bonds. The molecule has 0 spiro atoms. The Bertz CT molecular complexity index is 434. The van der Waals surface area contributed by atoms with Gasteiger partial charge < -0.3 is 15.6 Å². The van der Waals surface area contributed by atoms with Crippen molar-refractivity contribution in [3.8, 4) is 0 Å². The second-order valence-electron chi connectivity index (χ2n) is 3.84. The molecule has 1 aliphatic rings. The van der Waals surface area contributed by atoms with Gasteiger partial charge in [-0.1, -0.05) is 34.9 Å². The summed E-state index contributed by atoms with van der Waals surface area (Å²) >= 11 is 11.5. The van der Waals surface area contributed by atoms with E-state index in [1.807, 2.05) is 0 Å². The number of amides is 1. The van der Waals surface area contributed by atoms with Crippen LogP contribution in [0.3, 0.4) is 0 Å². The quantitative estimate of drug-likeness (QED) is 0.738. The summed E-state index contributed by atoms with van der Waals surface area (Å²) < 4.78 is 0. The predicted molar refractivity (Wildman–Crippen MR) is 68.7 cm³/mol. The van der Waals surface area contributed by atoms with E-state index in [1.165, 1.54) is 11.6 Å². The molecule has 0 fully saturated rings. The van der Waals surface area contributed by atoms with Gasteiger partial charge in [-0.05, 0) is 19.0 Å². The van der Waals surface area contributed by atoms with Crippen LogP contribution in [0.5, 0.6) is 0 Å². The van der Waals surface area contributed by atoms with E-state index < -0.39 is 0 Å². The Morgan fingerprint density at radius 1 is 1.47 bits per heavy atom. The first-order chi connectivity index (χ1) is 8.16. The molecule has 0 radical (unpaired) electrons. The molecule has 0 aliphatic carbocycles. The molecule has 1 aromatic heterocycles. The summed E-state index contributed by atoms with van der Waals surface area (Å²) in [6.45, 7) is 2.39. The zero-order chi connectivity index (χ0) is 12.3. The molecular weight excluding hydrogens is 261 g/mol. The van der Waals surface area contributed by atoms with Crippen molar-refractivity contribution in [1.29, 1.82) is 0 Å². The van der Waals surface area contributed by atoms with Crippen molar-refractivity contribution in [3.63, 3.8) is 0 Å². The highest BCUT2D eigenvalue weighted by molar-refractivity contribution is 6.41. The first-order valence-electron chi connectivity index (χ1n) is 5.37. The maximum absolute atomic E-state index is 11.8. The SMILES string of the molecule is O=C(NCC1=CCNCC1)c1cc(Cl)c(Cl)[nH]1. The van der Waals surface area contributed by atoms with Gasteiger partial charge in [0.15, 0.2) is 0 Å². The molecule has 2 heterocycles. The summed E-state index contributed by atoms with van der Waals surface area (Å²) in [5.74, 6) is -0.196. The summed E-state index contributed by atoms with van der Waals surface area (Å²) in [5.41, 5.74) is 1.62. The lowest BCUT2D eigenvalue weighted by atomic mass is 10.1. The number of halogens is 2. The van der Waals surface area contributed by atoms with Crippen LogP contribution in [0.4, 0.5) is 0 Å². The number of carbonyl (C=O) groups excluding carboxylic acids is 1. The fourth-order valence-electron chi connectivity index (χ4n) is 1.65. The molecule has 3 N–H and O–H groups in total. The minimum absolute atomic E-state index is 0.196. The summed E-state index contributed by atoms with van der Waals surface area (Å²) in [7, 11) is 0. The Kier molecular flexibility index (Phi) is 4.10. The number of aromatic nitrogens is 1. The lowest BCUT2D eigenvalue weighted by Gasteiger charge is -2.14. The smallest absolute Gasteiger partial charge is 0.268 e. The fourth-order valence-corrected chi connectivity index (χ4v) is 1.96. The molecule has 0 saturated heterocycles. The zero-order valence-corrected chi connectivity index (χ0v) is 10.7. The van der Waals surface area contributed by atoms with E-state index in [-0.39, 0.29) is 11.1 Å². The molecule has 0 unspecified atom stereocenters. The van der Waals surface area contributed by atoms with Crippen molar-refractivity contribution < 1.29 is 4.79 Å². The van der Waals surface area contributed by atoms with Crippen LogP contribution < -0.4 is 10.6 Å². The van der Waals surface area contributed by atoms with Gasteiger partial charge in [-0.15, -0.1) is 0 Å². The van der Waals surface area contributed by atoms with Crippen LogP contribution in [0, 0.1) is 0 Å². The predicted octanol–water partition coefficient (Wildman–Crippen LogP) is 1.97. The fraction of sp³-hybridized carbons (Fsp3) is 0.364. The van der Waals surface area contributed by atoms with Gasteiger partial charge in [-0.2, -0.15) is 0 Å². The van der Waals surface area contributed by atoms with Gasteiger partial charge in [0.1, 0.15) is 10.8 Å². The topological polar surface area (TPSA) is 56.9 Å². The zero-order valence-electron chi connectivity index (χ0n) is 9.15. The van der Waals surface area contributed by atoms with Gasteiger partial charge in [-0.3, -0.25) is 4.79 Å². The van der Waals surface area contributed by atoms with Gasteiger partial charge in [0.25, 0.3) is 5.91 Å². The number of carbonyl (C=O) groups is 1. The highest BCUT2D eigenvalue weighted by Crippen LogP contribution is 2.21. The Balaban J connectivity index is 1.91. The van der Waals surface area contributed by atoms with E-state index in [1.54, 1.807) is 0 Å². The molecule has 0 atom stereocenters. The second kappa shape index (κ2) is 5.58. The standard InChI is InChI=1S/C11H13Cl2N3O/c12-8-5-9(16-10(8)13)11(17)15-6-7-1-3-14-4-2-7/h1,5,14,16H,2-4,6H2,(H,15,17). The number of H-pyrrole nitrogens is 1. The van der Waals surface area contributed by atoms with Gasteiger partial charge in [0.2, 0.25) is 0 Å². The van der Waals surface area contributed by atoms with E-state index in [2.05, 4.69) is 21.7 Å². The molecule has 6 heteroatoms. The molecule has 2 rings (SSSR count). The molecule has 0 saturated carbocycles. The first-order valence-corrected chi connectivity index (χ1v) is 6.13. The Morgan fingerprint density at radius 2 is 2.29 bits per heavy atom. The van der Waals surface area contributed by atoms with E-state index in [0.29, 0.717) is 17.3 Å². The number of rotatable bonds is 3. The summed E-state index contributed by atoms with van der Waals surface area (Å²) in [6, 6.07) is 1.52. The molecule has 1 aliphatic heterocycles. The third-order valence-electron chi connectivity index (χ3n) is 2.60. The largest absolute Gasteiger partial charge is 0.347 e. The first kappa shape index (κ1) is 12.5. The van der Waals surface area contributed by atoms with E-state index >= 15 is 0 Å². The van der Waals surface area contributed by atoms with Gasteiger partial charge in [0, 0.05) is 13.1 Å². The summed E-state index contributed by atoms with van der Waals surface area (Å²) in [5, 5.41) is 6.69. The number of hydrogen-bond acceptors (Lipinski definition) is 2. The third kappa shape index (κ3) is 3.25. The Morgan fingerprint density at radius 3 is 2.88 bits per heavy atom. The average Bonchev–Trinajstić information content (AvgIpc) is 2.68. The van der Waals surface area contributed by atoms with E-state index in [0.717, 1.165) is 19.5 Å². The molecule has 17 heavy (non-hydrogen) atoms. The third-order valence-corrected chi connectivity index (χ3v) is 3.30. The van der Waals surface area contributed by atoms with Crippen molar-refractivity contribution >= 4 is 29.1 Å². The van der Waals surface area contributed by atoms with Crippen LogP contribution in [0.15, 0.2) is 17.7 Å². The van der Waals surface area contributed by atoms with Crippen LogP contribution in [0.2, 0.25) is 10.2 Å². The number of aromatic amines is 1. The molecule has 4 nitrogen and oxygen atoms in total. The average molecular weight is 274 g/mol. The van der Waals surface area contributed by atoms with Crippen molar-refractivity contribution in [2.45, 2.75) is 6.42 Å². The second-order valence-corrected chi connectivity index (χ2v) is 4.63. The lowest BCUT2D eigenvalue weighted by Crippen LogP contribution is -2.29. The summed E-state index contributed by atoms with van der Waals surface area (Å²) in [4.78, 5) is 14.5. The number of nitrogens with one attached hydrogen (secondary N) is 3. The molecule has 0 aromatic carbocycles. The Hall–Kier alpha value is -0.970. The highest BCUT2D eigenvalue weighted by Gasteiger charge is 2.12. The van der Waals surface area contributed by atoms with Crippen LogP contribution in [-0.4, -0.2) is 30.5 Å². The monoisotopic (exact) mass is 273 g/mol. The normalized spacial score (nSPS) is 15.5. The molecular formula is C11H13Cl2N3O. The highest BCUT2D eigenvalue weighted by atomic mass is 35.5. The lowest BCUT2D eigenvalue weighted by molar-refractivity contribution is 0.0952. The number of hydrogen-bond donors (Lipinski definition) is 3. The molecule has 1 aromatic rings. The van der Waals surface area contributed by atoms with Gasteiger partial charge in [0.05, 0.1) is 5.02 Å². The van der Waals surface area contributed by atoms with Gasteiger partial charge in [-0.25, -0.2) is 0 Å². The van der Waals surface area contributed by atoms with Gasteiger partial charge >= 0.3 is 0 Å². The van der Waals surface area contributed by atoms with Crippen LogP contribution in [0.1, 0.15) is 16.9 Å². The molecule has 92 valence electrons. The van der Waals surface area contributed by atoms with Crippen molar-refractivity contribution in [2.75, 3.05) is 19.6 Å².